The first-order valence-electron chi connectivity index (χ1n) is 6.18. The zero-order valence-corrected chi connectivity index (χ0v) is 11.9. The fourth-order valence-electron chi connectivity index (χ4n) is 1.85. The zero-order valence-electron chi connectivity index (χ0n) is 11.1. The maximum absolute atomic E-state index is 6.13. The van der Waals surface area contributed by atoms with E-state index in [1.807, 2.05) is 0 Å². The molecule has 0 amide bonds. The Labute approximate surface area is 113 Å². The van der Waals surface area contributed by atoms with Crippen molar-refractivity contribution in [1.29, 1.82) is 0 Å². The summed E-state index contributed by atoms with van der Waals surface area (Å²) >= 11 is 6.00. The average Bonchev–Trinajstić information content (AvgIpc) is 2.39. The van der Waals surface area contributed by atoms with Gasteiger partial charge in [-0.25, -0.2) is 4.98 Å². The molecule has 1 aromatic heterocycles. The SMILES string of the molecule is CCC(CC)C(N)CNc1nc(OC)ncc1Cl. The Balaban J connectivity index is 2.62. The van der Waals surface area contributed by atoms with Gasteiger partial charge in [0, 0.05) is 12.6 Å². The van der Waals surface area contributed by atoms with E-state index in [0.717, 1.165) is 12.8 Å². The minimum atomic E-state index is 0.0806. The standard InChI is InChI=1S/C12H21ClN4O/c1-4-8(5-2)10(14)7-15-11-9(13)6-16-12(17-11)18-3/h6,8,10H,4-5,7,14H2,1-3H3,(H,15,16,17). The summed E-state index contributed by atoms with van der Waals surface area (Å²) in [7, 11) is 1.52. The van der Waals surface area contributed by atoms with Gasteiger partial charge >= 0.3 is 6.01 Å². The minimum absolute atomic E-state index is 0.0806. The van der Waals surface area contributed by atoms with Gasteiger partial charge in [0.05, 0.1) is 13.3 Å². The Kier molecular flexibility index (Phi) is 6.15. The number of hydrogen-bond donors (Lipinski definition) is 2. The summed E-state index contributed by atoms with van der Waals surface area (Å²) in [6.07, 6.45) is 3.65. The van der Waals surface area contributed by atoms with E-state index in [9.17, 15) is 0 Å². The molecule has 0 saturated carbocycles. The molecule has 0 aliphatic rings. The lowest BCUT2D eigenvalue weighted by Crippen LogP contribution is -2.36. The van der Waals surface area contributed by atoms with Crippen molar-refractivity contribution in [2.24, 2.45) is 11.7 Å². The van der Waals surface area contributed by atoms with E-state index in [2.05, 4.69) is 29.1 Å². The van der Waals surface area contributed by atoms with Crippen LogP contribution < -0.4 is 15.8 Å². The molecule has 0 spiro atoms. The van der Waals surface area contributed by atoms with Crippen LogP contribution in [0.3, 0.4) is 0 Å². The normalized spacial score (nSPS) is 12.6. The molecule has 0 aromatic carbocycles. The van der Waals surface area contributed by atoms with Gasteiger partial charge in [0.25, 0.3) is 0 Å². The third-order valence-corrected chi connectivity index (χ3v) is 3.34. The van der Waals surface area contributed by atoms with E-state index in [4.69, 9.17) is 22.1 Å². The molecule has 102 valence electrons. The van der Waals surface area contributed by atoms with Crippen LogP contribution >= 0.6 is 11.6 Å². The summed E-state index contributed by atoms with van der Waals surface area (Å²) < 4.78 is 4.95. The Hall–Kier alpha value is -1.07. The highest BCUT2D eigenvalue weighted by Crippen LogP contribution is 2.20. The van der Waals surface area contributed by atoms with Gasteiger partial charge in [-0.05, 0) is 5.92 Å². The summed E-state index contributed by atoms with van der Waals surface area (Å²) in [5.74, 6) is 1.06. The molecule has 0 bridgehead atoms. The first-order chi connectivity index (χ1) is 8.62. The molecule has 1 atom stereocenters. The smallest absolute Gasteiger partial charge is 0.318 e. The molecule has 5 nitrogen and oxygen atoms in total. The quantitative estimate of drug-likeness (QED) is 0.797. The predicted molar refractivity (Wildman–Crippen MR) is 74.1 cm³/mol. The Morgan fingerprint density at radius 3 is 2.67 bits per heavy atom. The van der Waals surface area contributed by atoms with Crippen molar-refractivity contribution in [2.45, 2.75) is 32.7 Å². The summed E-state index contributed by atoms with van der Waals surface area (Å²) in [6, 6.07) is 0.370. The van der Waals surface area contributed by atoms with Gasteiger partial charge in [-0.15, -0.1) is 0 Å². The molecule has 0 aliphatic carbocycles. The lowest BCUT2D eigenvalue weighted by molar-refractivity contribution is 0.380. The summed E-state index contributed by atoms with van der Waals surface area (Å²) in [6.45, 7) is 4.93. The number of nitrogens with two attached hydrogens (primary N) is 1. The number of nitrogens with zero attached hydrogens (tertiary/aromatic N) is 2. The van der Waals surface area contributed by atoms with Crippen LogP contribution in [0.1, 0.15) is 26.7 Å². The van der Waals surface area contributed by atoms with Crippen LogP contribution in [0.5, 0.6) is 6.01 Å². The van der Waals surface area contributed by atoms with Gasteiger partial charge in [0.15, 0.2) is 5.82 Å². The van der Waals surface area contributed by atoms with Crippen LogP contribution in [0.4, 0.5) is 5.82 Å². The molecule has 1 unspecified atom stereocenters. The number of ether oxygens (including phenoxy) is 1. The van der Waals surface area contributed by atoms with Crippen LogP contribution in [0.2, 0.25) is 5.02 Å². The van der Waals surface area contributed by atoms with Crippen molar-refractivity contribution in [2.75, 3.05) is 19.0 Å². The number of methoxy groups -OCH3 is 1. The molecular formula is C12H21ClN4O. The van der Waals surface area contributed by atoms with E-state index in [1.165, 1.54) is 13.3 Å². The zero-order chi connectivity index (χ0) is 13.5. The summed E-state index contributed by atoms with van der Waals surface area (Å²) in [5.41, 5.74) is 6.13. The van der Waals surface area contributed by atoms with E-state index >= 15 is 0 Å². The Bertz CT molecular complexity index is 371. The van der Waals surface area contributed by atoms with Gasteiger partial charge in [-0.1, -0.05) is 38.3 Å². The maximum atomic E-state index is 6.13. The third kappa shape index (κ3) is 3.99. The lowest BCUT2D eigenvalue weighted by Gasteiger charge is -2.21. The van der Waals surface area contributed by atoms with Crippen molar-refractivity contribution < 1.29 is 4.74 Å². The highest BCUT2D eigenvalue weighted by Gasteiger charge is 2.14. The number of halogens is 1. The fourth-order valence-corrected chi connectivity index (χ4v) is 2.01. The second-order valence-corrected chi connectivity index (χ2v) is 4.58. The van der Waals surface area contributed by atoms with E-state index in [1.54, 1.807) is 0 Å². The second-order valence-electron chi connectivity index (χ2n) is 4.17. The highest BCUT2D eigenvalue weighted by molar-refractivity contribution is 6.32. The van der Waals surface area contributed by atoms with Crippen LogP contribution in [0.15, 0.2) is 6.20 Å². The molecule has 3 N–H and O–H groups in total. The van der Waals surface area contributed by atoms with Crippen molar-refractivity contribution in [3.05, 3.63) is 11.2 Å². The maximum Gasteiger partial charge on any atom is 0.318 e. The summed E-state index contributed by atoms with van der Waals surface area (Å²) in [5, 5.41) is 3.61. The van der Waals surface area contributed by atoms with Crippen molar-refractivity contribution in [3.63, 3.8) is 0 Å². The molecule has 0 fully saturated rings. The third-order valence-electron chi connectivity index (χ3n) is 3.06. The number of anilines is 1. The largest absolute Gasteiger partial charge is 0.467 e. The van der Waals surface area contributed by atoms with Gasteiger partial charge < -0.3 is 15.8 Å². The Morgan fingerprint density at radius 1 is 1.44 bits per heavy atom. The van der Waals surface area contributed by atoms with Crippen LogP contribution in [0, 0.1) is 5.92 Å². The first-order valence-corrected chi connectivity index (χ1v) is 6.56. The molecule has 0 saturated heterocycles. The van der Waals surface area contributed by atoms with Crippen LogP contribution in [-0.2, 0) is 0 Å². The lowest BCUT2D eigenvalue weighted by atomic mass is 9.95. The van der Waals surface area contributed by atoms with E-state index in [0.29, 0.717) is 23.3 Å². The van der Waals surface area contributed by atoms with Crippen molar-refractivity contribution >= 4 is 17.4 Å². The molecule has 6 heteroatoms. The van der Waals surface area contributed by atoms with E-state index < -0.39 is 0 Å². The number of nitrogens with one attached hydrogen (secondary N) is 1. The molecular weight excluding hydrogens is 252 g/mol. The topological polar surface area (TPSA) is 73.1 Å². The van der Waals surface area contributed by atoms with Crippen molar-refractivity contribution in [3.8, 4) is 6.01 Å². The predicted octanol–water partition coefficient (Wildman–Crippen LogP) is 2.31. The fraction of sp³-hybridized carbons (Fsp3) is 0.667. The highest BCUT2D eigenvalue weighted by atomic mass is 35.5. The Morgan fingerprint density at radius 2 is 2.11 bits per heavy atom. The molecule has 18 heavy (non-hydrogen) atoms. The monoisotopic (exact) mass is 272 g/mol. The first kappa shape index (κ1) is 15.0. The average molecular weight is 273 g/mol. The van der Waals surface area contributed by atoms with Crippen LogP contribution in [-0.4, -0.2) is 29.7 Å². The van der Waals surface area contributed by atoms with Gasteiger partial charge in [-0.2, -0.15) is 4.98 Å². The molecule has 1 heterocycles. The second kappa shape index (κ2) is 7.38. The van der Waals surface area contributed by atoms with Crippen molar-refractivity contribution in [1.82, 2.24) is 9.97 Å². The number of hydrogen-bond acceptors (Lipinski definition) is 5. The molecule has 0 radical (unpaired) electrons. The number of rotatable bonds is 7. The van der Waals surface area contributed by atoms with Crippen LogP contribution in [0.25, 0.3) is 0 Å². The molecule has 1 rings (SSSR count). The minimum Gasteiger partial charge on any atom is -0.467 e. The van der Waals surface area contributed by atoms with Gasteiger partial charge in [-0.3, -0.25) is 0 Å². The molecule has 0 aliphatic heterocycles. The van der Waals surface area contributed by atoms with Gasteiger partial charge in [0.2, 0.25) is 0 Å². The summed E-state index contributed by atoms with van der Waals surface area (Å²) in [4.78, 5) is 8.06. The molecule has 1 aromatic rings. The number of aromatic nitrogens is 2. The van der Waals surface area contributed by atoms with E-state index in [-0.39, 0.29) is 12.1 Å². The van der Waals surface area contributed by atoms with Gasteiger partial charge in [0.1, 0.15) is 5.02 Å².